The maximum absolute atomic E-state index is 13.2. The van der Waals surface area contributed by atoms with E-state index in [0.717, 1.165) is 5.56 Å². The van der Waals surface area contributed by atoms with Crippen LogP contribution >= 0.6 is 0 Å². The van der Waals surface area contributed by atoms with E-state index in [1.165, 1.54) is 5.56 Å². The molecule has 0 fully saturated rings. The highest BCUT2D eigenvalue weighted by Gasteiger charge is 2.29. The first kappa shape index (κ1) is 20.6. The SMILES string of the molecule is Cc1ccc2c(c1)N(CCC(=O)NCC(C)c1ccccc1)C(=O)c1cccnc1O2. The zero-order valence-electron chi connectivity index (χ0n) is 17.7. The molecule has 0 saturated heterocycles. The Morgan fingerprint density at radius 2 is 1.94 bits per heavy atom. The summed E-state index contributed by atoms with van der Waals surface area (Å²) in [4.78, 5) is 31.6. The third-order valence-corrected chi connectivity index (χ3v) is 5.40. The summed E-state index contributed by atoms with van der Waals surface area (Å²) >= 11 is 0. The number of hydrogen-bond acceptors (Lipinski definition) is 4. The molecule has 1 aliphatic rings. The Morgan fingerprint density at radius 3 is 2.74 bits per heavy atom. The van der Waals surface area contributed by atoms with Gasteiger partial charge in [-0.15, -0.1) is 0 Å². The average molecular weight is 415 g/mol. The lowest BCUT2D eigenvalue weighted by atomic mass is 10.0. The fourth-order valence-corrected chi connectivity index (χ4v) is 3.61. The number of nitrogens with one attached hydrogen (secondary N) is 1. The zero-order valence-corrected chi connectivity index (χ0v) is 17.7. The zero-order chi connectivity index (χ0) is 21.8. The van der Waals surface area contributed by atoms with Gasteiger partial charge in [0.25, 0.3) is 5.91 Å². The average Bonchev–Trinajstić information content (AvgIpc) is 2.90. The van der Waals surface area contributed by atoms with E-state index in [1.54, 1.807) is 23.2 Å². The van der Waals surface area contributed by atoms with Crippen molar-refractivity contribution >= 4 is 17.5 Å². The van der Waals surface area contributed by atoms with Crippen LogP contribution in [0.1, 0.15) is 40.7 Å². The van der Waals surface area contributed by atoms with Crippen LogP contribution in [0, 0.1) is 6.92 Å². The maximum atomic E-state index is 13.2. The van der Waals surface area contributed by atoms with E-state index in [4.69, 9.17) is 4.74 Å². The number of rotatable bonds is 6. The van der Waals surface area contributed by atoms with Crippen molar-refractivity contribution in [3.8, 4) is 11.6 Å². The van der Waals surface area contributed by atoms with Gasteiger partial charge in [-0.05, 0) is 48.2 Å². The summed E-state index contributed by atoms with van der Waals surface area (Å²) in [5, 5.41) is 2.98. The van der Waals surface area contributed by atoms with Gasteiger partial charge in [0.15, 0.2) is 5.75 Å². The van der Waals surface area contributed by atoms with Crippen LogP contribution in [0.4, 0.5) is 5.69 Å². The van der Waals surface area contributed by atoms with E-state index in [-0.39, 0.29) is 36.6 Å². The smallest absolute Gasteiger partial charge is 0.263 e. The van der Waals surface area contributed by atoms with Crippen LogP contribution in [0.5, 0.6) is 11.6 Å². The molecule has 3 aromatic rings. The van der Waals surface area contributed by atoms with Crippen LogP contribution in [0.15, 0.2) is 66.9 Å². The lowest BCUT2D eigenvalue weighted by molar-refractivity contribution is -0.120. The van der Waals surface area contributed by atoms with E-state index >= 15 is 0 Å². The first-order valence-electron chi connectivity index (χ1n) is 10.4. The van der Waals surface area contributed by atoms with Crippen molar-refractivity contribution in [2.75, 3.05) is 18.0 Å². The summed E-state index contributed by atoms with van der Waals surface area (Å²) in [6.07, 6.45) is 1.78. The Bertz CT molecular complexity index is 1100. The molecule has 0 radical (unpaired) electrons. The van der Waals surface area contributed by atoms with E-state index in [2.05, 4.69) is 29.4 Å². The van der Waals surface area contributed by atoms with Crippen LogP contribution < -0.4 is 15.0 Å². The summed E-state index contributed by atoms with van der Waals surface area (Å²) in [6, 6.07) is 19.1. The number of amides is 2. The molecule has 6 nitrogen and oxygen atoms in total. The van der Waals surface area contributed by atoms with Gasteiger partial charge in [-0.1, -0.05) is 43.3 Å². The van der Waals surface area contributed by atoms with Gasteiger partial charge in [0.1, 0.15) is 5.56 Å². The Hall–Kier alpha value is -3.67. The number of fused-ring (bicyclic) bond motifs is 2. The monoisotopic (exact) mass is 415 g/mol. The van der Waals surface area contributed by atoms with Crippen molar-refractivity contribution in [2.24, 2.45) is 0 Å². The van der Waals surface area contributed by atoms with E-state index in [1.807, 2.05) is 43.3 Å². The number of aromatic nitrogens is 1. The summed E-state index contributed by atoms with van der Waals surface area (Å²) in [7, 11) is 0. The highest BCUT2D eigenvalue weighted by molar-refractivity contribution is 6.09. The van der Waals surface area contributed by atoms with E-state index in [0.29, 0.717) is 23.5 Å². The minimum atomic E-state index is -0.224. The number of hydrogen-bond donors (Lipinski definition) is 1. The fraction of sp³-hybridized carbons (Fsp3) is 0.240. The fourth-order valence-electron chi connectivity index (χ4n) is 3.61. The maximum Gasteiger partial charge on any atom is 0.263 e. The van der Waals surface area contributed by atoms with Gasteiger partial charge in [0.05, 0.1) is 5.69 Å². The predicted molar refractivity (Wildman–Crippen MR) is 120 cm³/mol. The first-order chi connectivity index (χ1) is 15.0. The largest absolute Gasteiger partial charge is 0.436 e. The molecule has 1 aromatic heterocycles. The van der Waals surface area contributed by atoms with Gasteiger partial charge in [-0.2, -0.15) is 0 Å². The van der Waals surface area contributed by atoms with E-state index < -0.39 is 0 Å². The predicted octanol–water partition coefficient (Wildman–Crippen LogP) is 4.45. The molecular weight excluding hydrogens is 390 g/mol. The Morgan fingerprint density at radius 1 is 1.13 bits per heavy atom. The Labute approximate surface area is 181 Å². The number of nitrogens with zero attached hydrogens (tertiary/aromatic N) is 2. The summed E-state index contributed by atoms with van der Waals surface area (Å²) in [5.41, 5.74) is 3.21. The Balaban J connectivity index is 1.47. The molecule has 0 spiro atoms. The van der Waals surface area contributed by atoms with Gasteiger partial charge in [-0.3, -0.25) is 9.59 Å². The number of ether oxygens (including phenoxy) is 1. The normalized spacial score (nSPS) is 13.5. The molecule has 1 unspecified atom stereocenters. The van der Waals surface area contributed by atoms with Crippen LogP contribution in [0.2, 0.25) is 0 Å². The number of anilines is 1. The molecule has 1 aliphatic heterocycles. The van der Waals surface area contributed by atoms with Crippen molar-refractivity contribution in [3.05, 3.63) is 83.6 Å². The Kier molecular flexibility index (Phi) is 5.98. The quantitative estimate of drug-likeness (QED) is 0.646. The highest BCUT2D eigenvalue weighted by Crippen LogP contribution is 2.38. The van der Waals surface area contributed by atoms with Gasteiger partial charge in [0.2, 0.25) is 11.8 Å². The number of benzene rings is 2. The number of pyridine rings is 1. The highest BCUT2D eigenvalue weighted by atomic mass is 16.5. The second-order valence-electron chi connectivity index (χ2n) is 7.75. The van der Waals surface area contributed by atoms with Gasteiger partial charge in [0, 0.05) is 25.7 Å². The summed E-state index contributed by atoms with van der Waals surface area (Å²) < 4.78 is 5.92. The minimum absolute atomic E-state index is 0.0960. The molecule has 2 aromatic carbocycles. The summed E-state index contributed by atoms with van der Waals surface area (Å²) in [5.74, 6) is 0.717. The van der Waals surface area contributed by atoms with Gasteiger partial charge >= 0.3 is 0 Å². The molecule has 0 bridgehead atoms. The molecule has 0 aliphatic carbocycles. The molecule has 31 heavy (non-hydrogen) atoms. The van der Waals surface area contributed by atoms with Crippen molar-refractivity contribution in [1.82, 2.24) is 10.3 Å². The van der Waals surface area contributed by atoms with Crippen molar-refractivity contribution < 1.29 is 14.3 Å². The minimum Gasteiger partial charge on any atom is -0.436 e. The lowest BCUT2D eigenvalue weighted by Gasteiger charge is -2.22. The molecule has 4 rings (SSSR count). The van der Waals surface area contributed by atoms with Crippen molar-refractivity contribution in [2.45, 2.75) is 26.2 Å². The molecule has 2 heterocycles. The molecule has 1 N–H and O–H groups in total. The first-order valence-corrected chi connectivity index (χ1v) is 10.4. The third kappa shape index (κ3) is 4.58. The van der Waals surface area contributed by atoms with Gasteiger partial charge < -0.3 is 15.0 Å². The standard InChI is InChI=1S/C25H25N3O3/c1-17-10-11-22-21(15-17)28(25(30)20-9-6-13-26-24(20)31-22)14-12-23(29)27-16-18(2)19-7-4-3-5-8-19/h3-11,13,15,18H,12,14,16H2,1-2H3,(H,27,29). The van der Waals surface area contributed by atoms with Crippen molar-refractivity contribution in [1.29, 1.82) is 0 Å². The molecule has 2 amide bonds. The third-order valence-electron chi connectivity index (χ3n) is 5.40. The molecule has 158 valence electrons. The van der Waals surface area contributed by atoms with Crippen LogP contribution in [0.3, 0.4) is 0 Å². The molecule has 6 heteroatoms. The van der Waals surface area contributed by atoms with Crippen molar-refractivity contribution in [3.63, 3.8) is 0 Å². The second kappa shape index (κ2) is 9.00. The van der Waals surface area contributed by atoms with Crippen LogP contribution in [-0.4, -0.2) is 29.9 Å². The summed E-state index contributed by atoms with van der Waals surface area (Å²) in [6.45, 7) is 4.83. The van der Waals surface area contributed by atoms with Crippen LogP contribution in [0.25, 0.3) is 0 Å². The van der Waals surface area contributed by atoms with Gasteiger partial charge in [-0.25, -0.2) is 4.98 Å². The van der Waals surface area contributed by atoms with Crippen LogP contribution in [-0.2, 0) is 4.79 Å². The van der Waals surface area contributed by atoms with E-state index in [9.17, 15) is 9.59 Å². The lowest BCUT2D eigenvalue weighted by Crippen LogP contribution is -2.35. The number of aryl methyl sites for hydroxylation is 1. The topological polar surface area (TPSA) is 71.5 Å². The number of carbonyl (C=O) groups excluding carboxylic acids is 2. The molecule has 0 saturated carbocycles. The molecular formula is C25H25N3O3. The number of carbonyl (C=O) groups is 2. The molecule has 1 atom stereocenters. The second-order valence-corrected chi connectivity index (χ2v) is 7.75.